The van der Waals surface area contributed by atoms with Crippen LogP contribution in [0.2, 0.25) is 0 Å². The Morgan fingerprint density at radius 1 is 1.35 bits per heavy atom. The molecule has 3 nitrogen and oxygen atoms in total. The van der Waals surface area contributed by atoms with Crippen LogP contribution in [0.15, 0.2) is 24.3 Å². The highest BCUT2D eigenvalue weighted by Crippen LogP contribution is 2.30. The van der Waals surface area contributed by atoms with Crippen molar-refractivity contribution in [2.75, 3.05) is 11.4 Å². The van der Waals surface area contributed by atoms with E-state index < -0.39 is 0 Å². The summed E-state index contributed by atoms with van der Waals surface area (Å²) in [5, 5.41) is 0. The predicted octanol–water partition coefficient (Wildman–Crippen LogP) is 2.14. The SMILES string of the molecule is CC1CCC(C(=O)N2CCc3ccccc32)O1. The fraction of sp³-hybridized carbons (Fsp3) is 0.500. The van der Waals surface area contributed by atoms with E-state index in [4.69, 9.17) is 4.74 Å². The highest BCUT2D eigenvalue weighted by atomic mass is 16.5. The quantitative estimate of drug-likeness (QED) is 0.741. The Morgan fingerprint density at radius 2 is 2.18 bits per heavy atom. The number of para-hydroxylation sites is 1. The van der Waals surface area contributed by atoms with E-state index in [1.54, 1.807) is 0 Å². The number of nitrogens with zero attached hydrogens (tertiary/aromatic N) is 1. The molecule has 0 N–H and O–H groups in total. The van der Waals surface area contributed by atoms with Gasteiger partial charge in [0.05, 0.1) is 6.10 Å². The van der Waals surface area contributed by atoms with Gasteiger partial charge in [-0.3, -0.25) is 4.79 Å². The highest BCUT2D eigenvalue weighted by molar-refractivity contribution is 5.98. The van der Waals surface area contributed by atoms with Gasteiger partial charge in [0, 0.05) is 12.2 Å². The van der Waals surface area contributed by atoms with Crippen LogP contribution in [0.3, 0.4) is 0 Å². The van der Waals surface area contributed by atoms with Crippen LogP contribution in [0.1, 0.15) is 25.3 Å². The Bertz CT molecular complexity index is 444. The summed E-state index contributed by atoms with van der Waals surface area (Å²) in [5.41, 5.74) is 2.34. The molecule has 0 aromatic heterocycles. The maximum atomic E-state index is 12.4. The van der Waals surface area contributed by atoms with Gasteiger partial charge >= 0.3 is 0 Å². The van der Waals surface area contributed by atoms with E-state index in [0.29, 0.717) is 0 Å². The number of carbonyl (C=O) groups excluding carboxylic acids is 1. The molecule has 1 aromatic carbocycles. The second kappa shape index (κ2) is 4.15. The van der Waals surface area contributed by atoms with Gasteiger partial charge in [0.1, 0.15) is 6.10 Å². The zero-order valence-electron chi connectivity index (χ0n) is 10.1. The van der Waals surface area contributed by atoms with Crippen molar-refractivity contribution in [1.82, 2.24) is 0 Å². The lowest BCUT2D eigenvalue weighted by Gasteiger charge is -2.21. The Labute approximate surface area is 101 Å². The monoisotopic (exact) mass is 231 g/mol. The molecule has 3 rings (SSSR count). The number of hydrogen-bond acceptors (Lipinski definition) is 2. The molecule has 2 aliphatic heterocycles. The molecule has 0 radical (unpaired) electrons. The molecule has 2 unspecified atom stereocenters. The summed E-state index contributed by atoms with van der Waals surface area (Å²) < 4.78 is 5.66. The van der Waals surface area contributed by atoms with Gasteiger partial charge in [-0.25, -0.2) is 0 Å². The van der Waals surface area contributed by atoms with E-state index in [2.05, 4.69) is 6.07 Å². The second-order valence-electron chi connectivity index (χ2n) is 4.88. The summed E-state index contributed by atoms with van der Waals surface area (Å²) in [5.74, 6) is 0.138. The highest BCUT2D eigenvalue weighted by Gasteiger charge is 2.34. The predicted molar refractivity (Wildman–Crippen MR) is 66.1 cm³/mol. The molecular weight excluding hydrogens is 214 g/mol. The van der Waals surface area contributed by atoms with E-state index in [-0.39, 0.29) is 18.1 Å². The van der Waals surface area contributed by atoms with E-state index >= 15 is 0 Å². The third kappa shape index (κ3) is 1.84. The summed E-state index contributed by atoms with van der Waals surface area (Å²) in [7, 11) is 0. The van der Waals surface area contributed by atoms with Gasteiger partial charge in [-0.15, -0.1) is 0 Å². The van der Waals surface area contributed by atoms with E-state index in [1.165, 1.54) is 5.56 Å². The zero-order valence-corrected chi connectivity index (χ0v) is 10.1. The summed E-state index contributed by atoms with van der Waals surface area (Å²) in [6, 6.07) is 8.14. The molecule has 2 atom stereocenters. The normalized spacial score (nSPS) is 27.2. The first kappa shape index (κ1) is 10.8. The summed E-state index contributed by atoms with van der Waals surface area (Å²) in [4.78, 5) is 14.2. The summed E-state index contributed by atoms with van der Waals surface area (Å²) >= 11 is 0. The Hall–Kier alpha value is -1.35. The van der Waals surface area contributed by atoms with E-state index in [9.17, 15) is 4.79 Å². The summed E-state index contributed by atoms with van der Waals surface area (Å²) in [6.45, 7) is 2.83. The molecule has 90 valence electrons. The van der Waals surface area contributed by atoms with Gasteiger partial charge in [-0.05, 0) is 37.8 Å². The smallest absolute Gasteiger partial charge is 0.256 e. The number of benzene rings is 1. The molecular formula is C14H17NO2. The van der Waals surface area contributed by atoms with Crippen LogP contribution >= 0.6 is 0 Å². The van der Waals surface area contributed by atoms with Gasteiger partial charge < -0.3 is 9.64 Å². The minimum atomic E-state index is -0.226. The second-order valence-corrected chi connectivity index (χ2v) is 4.88. The molecule has 1 aromatic rings. The molecule has 1 fully saturated rings. The number of fused-ring (bicyclic) bond motifs is 1. The third-order valence-corrected chi connectivity index (χ3v) is 3.66. The number of hydrogen-bond donors (Lipinski definition) is 0. The van der Waals surface area contributed by atoms with Gasteiger partial charge in [-0.2, -0.15) is 0 Å². The minimum Gasteiger partial charge on any atom is -0.365 e. The average molecular weight is 231 g/mol. The number of amides is 1. The van der Waals surface area contributed by atoms with Crippen LogP contribution in [-0.2, 0) is 16.0 Å². The number of carbonyl (C=O) groups is 1. The first-order valence-corrected chi connectivity index (χ1v) is 6.30. The van der Waals surface area contributed by atoms with Crippen molar-refractivity contribution in [2.24, 2.45) is 0 Å². The maximum Gasteiger partial charge on any atom is 0.256 e. The molecule has 2 heterocycles. The standard InChI is InChI=1S/C14H17NO2/c1-10-6-7-13(17-10)14(16)15-9-8-11-4-2-3-5-12(11)15/h2-5,10,13H,6-9H2,1H3. The lowest BCUT2D eigenvalue weighted by atomic mass is 10.1. The number of rotatable bonds is 1. The van der Waals surface area contributed by atoms with E-state index in [0.717, 1.165) is 31.5 Å². The molecule has 0 saturated carbocycles. The van der Waals surface area contributed by atoms with Crippen molar-refractivity contribution in [3.8, 4) is 0 Å². The van der Waals surface area contributed by atoms with Crippen molar-refractivity contribution in [2.45, 2.75) is 38.4 Å². The van der Waals surface area contributed by atoms with E-state index in [1.807, 2.05) is 30.0 Å². The van der Waals surface area contributed by atoms with Crippen LogP contribution in [0.4, 0.5) is 5.69 Å². The molecule has 1 amide bonds. The molecule has 0 aliphatic carbocycles. The fourth-order valence-electron chi connectivity index (χ4n) is 2.73. The fourth-order valence-corrected chi connectivity index (χ4v) is 2.73. The molecule has 2 aliphatic rings. The Kier molecular flexibility index (Phi) is 2.63. The van der Waals surface area contributed by atoms with Gasteiger partial charge in [-0.1, -0.05) is 18.2 Å². The van der Waals surface area contributed by atoms with Crippen LogP contribution < -0.4 is 4.90 Å². The lowest BCUT2D eigenvalue weighted by molar-refractivity contribution is -0.128. The van der Waals surface area contributed by atoms with Gasteiger partial charge in [0.2, 0.25) is 0 Å². The molecule has 1 saturated heterocycles. The molecule has 0 spiro atoms. The van der Waals surface area contributed by atoms with Crippen LogP contribution in [0.25, 0.3) is 0 Å². The summed E-state index contributed by atoms with van der Waals surface area (Å²) in [6.07, 6.45) is 2.81. The van der Waals surface area contributed by atoms with Crippen molar-refractivity contribution < 1.29 is 9.53 Å². The van der Waals surface area contributed by atoms with Crippen molar-refractivity contribution in [1.29, 1.82) is 0 Å². The lowest BCUT2D eigenvalue weighted by Crippen LogP contribution is -2.38. The Balaban J connectivity index is 1.80. The largest absolute Gasteiger partial charge is 0.365 e. The van der Waals surface area contributed by atoms with Crippen molar-refractivity contribution in [3.05, 3.63) is 29.8 Å². The first-order valence-electron chi connectivity index (χ1n) is 6.30. The first-order chi connectivity index (χ1) is 8.25. The Morgan fingerprint density at radius 3 is 2.94 bits per heavy atom. The van der Waals surface area contributed by atoms with Crippen molar-refractivity contribution >= 4 is 11.6 Å². The van der Waals surface area contributed by atoms with Crippen molar-refractivity contribution in [3.63, 3.8) is 0 Å². The van der Waals surface area contributed by atoms with Gasteiger partial charge in [0.25, 0.3) is 5.91 Å². The maximum absolute atomic E-state index is 12.4. The molecule has 3 heteroatoms. The minimum absolute atomic E-state index is 0.138. The zero-order chi connectivity index (χ0) is 11.8. The van der Waals surface area contributed by atoms with Crippen LogP contribution in [0, 0.1) is 0 Å². The average Bonchev–Trinajstić information content (AvgIpc) is 2.94. The molecule has 17 heavy (non-hydrogen) atoms. The number of ether oxygens (including phenoxy) is 1. The van der Waals surface area contributed by atoms with Crippen LogP contribution in [0.5, 0.6) is 0 Å². The topological polar surface area (TPSA) is 29.5 Å². The third-order valence-electron chi connectivity index (χ3n) is 3.66. The van der Waals surface area contributed by atoms with Gasteiger partial charge in [0.15, 0.2) is 0 Å². The van der Waals surface area contributed by atoms with Crippen LogP contribution in [-0.4, -0.2) is 24.7 Å². The number of anilines is 1. The molecule has 0 bridgehead atoms.